The Morgan fingerprint density at radius 2 is 2.11 bits per heavy atom. The van der Waals surface area contributed by atoms with Crippen molar-refractivity contribution in [3.8, 4) is 0 Å². The second-order valence-corrected chi connectivity index (χ2v) is 4.93. The van der Waals surface area contributed by atoms with Gasteiger partial charge in [-0.05, 0) is 12.2 Å². The lowest BCUT2D eigenvalue weighted by atomic mass is 9.99. The zero-order valence-electron chi connectivity index (χ0n) is 10.9. The number of carbonyl (C=O) groups is 1. The maximum atomic E-state index is 11.1. The van der Waals surface area contributed by atoms with E-state index in [1.807, 2.05) is 20.1 Å². The van der Waals surface area contributed by atoms with Crippen molar-refractivity contribution in [3.63, 3.8) is 0 Å². The lowest BCUT2D eigenvalue weighted by Crippen LogP contribution is -2.41. The minimum absolute atomic E-state index is 0.0916. The van der Waals surface area contributed by atoms with E-state index in [9.17, 15) is 4.79 Å². The van der Waals surface area contributed by atoms with Crippen molar-refractivity contribution in [3.05, 3.63) is 18.0 Å². The fraction of sp³-hybridized carbons (Fsp3) is 0.583. The van der Waals surface area contributed by atoms with Crippen molar-refractivity contribution < 1.29 is 9.90 Å². The summed E-state index contributed by atoms with van der Waals surface area (Å²) in [6.07, 6.45) is 6.19. The van der Waals surface area contributed by atoms with E-state index in [2.05, 4.69) is 15.3 Å². The van der Waals surface area contributed by atoms with Crippen LogP contribution in [0.1, 0.15) is 25.8 Å². The van der Waals surface area contributed by atoms with Gasteiger partial charge in [0, 0.05) is 24.5 Å². The highest BCUT2D eigenvalue weighted by atomic mass is 32.2. The molecule has 1 rings (SSSR count). The Hall–Kier alpha value is -1.14. The SMILES string of the molecule is CC[C@H](C)[C@@H](NCc1cnc(SC)nc1)C(=O)O. The number of nitrogens with zero attached hydrogens (tertiary/aromatic N) is 2. The normalized spacial score (nSPS) is 14.2. The highest BCUT2D eigenvalue weighted by molar-refractivity contribution is 7.98. The number of carboxylic acids is 1. The van der Waals surface area contributed by atoms with Crippen LogP contribution in [0.2, 0.25) is 0 Å². The monoisotopic (exact) mass is 269 g/mol. The third kappa shape index (κ3) is 4.27. The van der Waals surface area contributed by atoms with Crippen LogP contribution in [0.3, 0.4) is 0 Å². The van der Waals surface area contributed by atoms with Gasteiger partial charge in [0.15, 0.2) is 5.16 Å². The lowest BCUT2D eigenvalue weighted by molar-refractivity contribution is -0.140. The molecule has 0 unspecified atom stereocenters. The summed E-state index contributed by atoms with van der Waals surface area (Å²) in [5.74, 6) is -0.722. The first-order valence-electron chi connectivity index (χ1n) is 5.89. The molecule has 0 fully saturated rings. The second-order valence-electron chi connectivity index (χ2n) is 4.16. The van der Waals surface area contributed by atoms with Crippen molar-refractivity contribution in [2.24, 2.45) is 5.92 Å². The molecule has 0 saturated heterocycles. The van der Waals surface area contributed by atoms with Crippen LogP contribution in [-0.4, -0.2) is 33.3 Å². The van der Waals surface area contributed by atoms with Gasteiger partial charge in [0.05, 0.1) is 0 Å². The Kier molecular flexibility index (Phi) is 6.07. The number of thioether (sulfide) groups is 1. The Morgan fingerprint density at radius 3 is 2.56 bits per heavy atom. The van der Waals surface area contributed by atoms with Crippen molar-refractivity contribution >= 4 is 17.7 Å². The number of aliphatic carboxylic acids is 1. The number of nitrogens with one attached hydrogen (secondary N) is 1. The molecule has 1 aromatic rings. The van der Waals surface area contributed by atoms with E-state index in [-0.39, 0.29) is 5.92 Å². The van der Waals surface area contributed by atoms with Crippen LogP contribution >= 0.6 is 11.8 Å². The van der Waals surface area contributed by atoms with E-state index in [0.717, 1.165) is 17.1 Å². The highest BCUT2D eigenvalue weighted by Crippen LogP contribution is 2.10. The largest absolute Gasteiger partial charge is 0.480 e. The molecule has 0 bridgehead atoms. The van der Waals surface area contributed by atoms with E-state index in [1.165, 1.54) is 11.8 Å². The molecular weight excluding hydrogens is 250 g/mol. The molecule has 0 aliphatic carbocycles. The van der Waals surface area contributed by atoms with Crippen molar-refractivity contribution in [2.45, 2.75) is 38.0 Å². The molecule has 5 nitrogen and oxygen atoms in total. The van der Waals surface area contributed by atoms with E-state index < -0.39 is 12.0 Å². The molecule has 0 aromatic carbocycles. The van der Waals surface area contributed by atoms with E-state index in [0.29, 0.717) is 6.54 Å². The predicted octanol–water partition coefficient (Wildman–Crippen LogP) is 1.79. The van der Waals surface area contributed by atoms with Crippen LogP contribution in [0.25, 0.3) is 0 Å². The van der Waals surface area contributed by atoms with Crippen LogP contribution in [0.5, 0.6) is 0 Å². The van der Waals surface area contributed by atoms with E-state index in [4.69, 9.17) is 5.11 Å². The zero-order chi connectivity index (χ0) is 13.5. The zero-order valence-corrected chi connectivity index (χ0v) is 11.7. The number of rotatable bonds is 7. The van der Waals surface area contributed by atoms with Gasteiger partial charge in [-0.2, -0.15) is 0 Å². The first kappa shape index (κ1) is 14.9. The standard InChI is InChI=1S/C12H19N3O2S/c1-4-8(2)10(11(16)17)13-5-9-6-14-12(18-3)15-7-9/h6-8,10,13H,4-5H2,1-3H3,(H,16,17)/t8-,10+/m0/s1. The summed E-state index contributed by atoms with van der Waals surface area (Å²) in [7, 11) is 0. The van der Waals surface area contributed by atoms with Crippen molar-refractivity contribution in [1.29, 1.82) is 0 Å². The molecule has 2 N–H and O–H groups in total. The van der Waals surface area contributed by atoms with Crippen LogP contribution in [0.15, 0.2) is 17.6 Å². The van der Waals surface area contributed by atoms with Gasteiger partial charge in [-0.3, -0.25) is 10.1 Å². The van der Waals surface area contributed by atoms with Gasteiger partial charge in [0.1, 0.15) is 6.04 Å². The third-order valence-electron chi connectivity index (χ3n) is 2.87. The second kappa shape index (κ2) is 7.33. The summed E-state index contributed by atoms with van der Waals surface area (Å²) in [6, 6.07) is -0.532. The first-order valence-corrected chi connectivity index (χ1v) is 7.12. The molecule has 6 heteroatoms. The first-order chi connectivity index (χ1) is 8.58. The molecule has 100 valence electrons. The van der Waals surface area contributed by atoms with Crippen molar-refractivity contribution in [2.75, 3.05) is 6.26 Å². The van der Waals surface area contributed by atoms with Crippen LogP contribution in [0, 0.1) is 5.92 Å². The molecule has 0 amide bonds. The lowest BCUT2D eigenvalue weighted by Gasteiger charge is -2.20. The smallest absolute Gasteiger partial charge is 0.320 e. The summed E-state index contributed by atoms with van der Waals surface area (Å²) < 4.78 is 0. The Balaban J connectivity index is 2.58. The van der Waals surface area contributed by atoms with Crippen LogP contribution in [-0.2, 0) is 11.3 Å². The fourth-order valence-electron chi connectivity index (χ4n) is 1.54. The molecule has 0 aliphatic heterocycles. The predicted molar refractivity (Wildman–Crippen MR) is 71.5 cm³/mol. The summed E-state index contributed by atoms with van der Waals surface area (Å²) in [6.45, 7) is 4.38. The Bertz CT molecular complexity index is 383. The van der Waals surface area contributed by atoms with Gasteiger partial charge in [-0.1, -0.05) is 32.0 Å². The average molecular weight is 269 g/mol. The summed E-state index contributed by atoms with van der Waals surface area (Å²) in [5.41, 5.74) is 0.891. The minimum atomic E-state index is -0.814. The molecule has 0 radical (unpaired) electrons. The highest BCUT2D eigenvalue weighted by Gasteiger charge is 2.22. The van der Waals surface area contributed by atoms with Gasteiger partial charge >= 0.3 is 5.97 Å². The van der Waals surface area contributed by atoms with Gasteiger partial charge in [0.2, 0.25) is 0 Å². The molecule has 0 aliphatic rings. The summed E-state index contributed by atoms with van der Waals surface area (Å²) in [5, 5.41) is 12.9. The molecule has 1 heterocycles. The third-order valence-corrected chi connectivity index (χ3v) is 3.45. The number of aromatic nitrogens is 2. The van der Waals surface area contributed by atoms with Gasteiger partial charge < -0.3 is 5.11 Å². The number of hydrogen-bond acceptors (Lipinski definition) is 5. The number of carboxylic acid groups (broad SMARTS) is 1. The topological polar surface area (TPSA) is 75.1 Å². The van der Waals surface area contributed by atoms with E-state index in [1.54, 1.807) is 12.4 Å². The maximum Gasteiger partial charge on any atom is 0.320 e. The Morgan fingerprint density at radius 1 is 1.50 bits per heavy atom. The average Bonchev–Trinajstić information content (AvgIpc) is 2.39. The fourth-order valence-corrected chi connectivity index (χ4v) is 1.85. The Labute approximate surface area is 111 Å². The van der Waals surface area contributed by atoms with Crippen molar-refractivity contribution in [1.82, 2.24) is 15.3 Å². The minimum Gasteiger partial charge on any atom is -0.480 e. The maximum absolute atomic E-state index is 11.1. The molecule has 0 spiro atoms. The van der Waals surface area contributed by atoms with E-state index >= 15 is 0 Å². The van der Waals surface area contributed by atoms with Crippen LogP contribution < -0.4 is 5.32 Å². The molecular formula is C12H19N3O2S. The summed E-state index contributed by atoms with van der Waals surface area (Å²) >= 11 is 1.48. The van der Waals surface area contributed by atoms with Gasteiger partial charge in [-0.15, -0.1) is 0 Å². The molecule has 2 atom stereocenters. The van der Waals surface area contributed by atoms with Gasteiger partial charge in [0.25, 0.3) is 0 Å². The van der Waals surface area contributed by atoms with Crippen LogP contribution in [0.4, 0.5) is 0 Å². The summed E-state index contributed by atoms with van der Waals surface area (Å²) in [4.78, 5) is 19.4. The molecule has 0 saturated carbocycles. The number of hydrogen-bond donors (Lipinski definition) is 2. The quantitative estimate of drug-likeness (QED) is 0.580. The molecule has 18 heavy (non-hydrogen) atoms. The molecule has 1 aromatic heterocycles. The van der Waals surface area contributed by atoms with Gasteiger partial charge in [-0.25, -0.2) is 9.97 Å².